The number of rotatable bonds is 6. The molecule has 4 nitrogen and oxygen atoms in total. The highest BCUT2D eigenvalue weighted by atomic mass is 15.1. The first-order valence-electron chi connectivity index (χ1n) is 19.6. The third-order valence-corrected chi connectivity index (χ3v) is 9.69. The fourth-order valence-electron chi connectivity index (χ4n) is 6.23. The van der Waals surface area contributed by atoms with Crippen molar-refractivity contribution < 1.29 is 0 Å². The molecule has 5 N–H and O–H groups in total. The van der Waals surface area contributed by atoms with Crippen LogP contribution in [0.3, 0.4) is 0 Å². The molecule has 8 rings (SSSR count). The monoisotopic (exact) mass is 758 g/mol. The maximum Gasteiger partial charge on any atom is 0.0684 e. The summed E-state index contributed by atoms with van der Waals surface area (Å²) in [4.78, 5) is 2.09. The van der Waals surface area contributed by atoms with E-state index in [1.165, 1.54) is 33.4 Å². The summed E-state index contributed by atoms with van der Waals surface area (Å²) in [6, 6.07) is 65.5. The SMILES string of the molecule is C/C=C\C.Cc1ccc(-c2cccc(N(C)c3cc(N)c4ccccc4c3N)c2)cc1.Cc1ccccc1.N=C(c1ccccc1)c1ccc(-c2ccccc2)cc1. The Labute approximate surface area is 345 Å². The van der Waals surface area contributed by atoms with Crippen LogP contribution in [0.15, 0.2) is 206 Å². The average Bonchev–Trinajstić information content (AvgIpc) is 3.29. The van der Waals surface area contributed by atoms with Crippen molar-refractivity contribution in [2.75, 3.05) is 23.4 Å². The normalized spacial score (nSPS) is 10.3. The lowest BCUT2D eigenvalue weighted by Crippen LogP contribution is -2.12. The summed E-state index contributed by atoms with van der Waals surface area (Å²) >= 11 is 0. The van der Waals surface area contributed by atoms with Gasteiger partial charge in [-0.2, -0.15) is 0 Å². The molecule has 8 aromatic rings. The van der Waals surface area contributed by atoms with E-state index >= 15 is 0 Å². The van der Waals surface area contributed by atoms with Gasteiger partial charge in [-0.25, -0.2) is 0 Å². The molecule has 58 heavy (non-hydrogen) atoms. The van der Waals surface area contributed by atoms with E-state index in [0.717, 1.165) is 44.6 Å². The van der Waals surface area contributed by atoms with Crippen LogP contribution in [0.25, 0.3) is 33.0 Å². The second-order valence-corrected chi connectivity index (χ2v) is 13.9. The summed E-state index contributed by atoms with van der Waals surface area (Å²) in [6.07, 6.45) is 4.00. The van der Waals surface area contributed by atoms with Crippen LogP contribution in [-0.4, -0.2) is 12.8 Å². The molecule has 0 saturated carbocycles. The molecule has 0 unspecified atom stereocenters. The van der Waals surface area contributed by atoms with E-state index in [-0.39, 0.29) is 0 Å². The number of hydrogen-bond acceptors (Lipinski definition) is 4. The van der Waals surface area contributed by atoms with Crippen LogP contribution in [0.5, 0.6) is 0 Å². The highest BCUT2D eigenvalue weighted by molar-refractivity contribution is 6.11. The van der Waals surface area contributed by atoms with E-state index < -0.39 is 0 Å². The lowest BCUT2D eigenvalue weighted by molar-refractivity contribution is 1.22. The molecule has 8 aromatic carbocycles. The number of benzene rings is 8. The summed E-state index contributed by atoms with van der Waals surface area (Å²) in [5.74, 6) is 0. The third-order valence-electron chi connectivity index (χ3n) is 9.69. The molecule has 0 aromatic heterocycles. The number of nitrogens with two attached hydrogens (primary N) is 2. The first kappa shape index (κ1) is 42.0. The van der Waals surface area contributed by atoms with Crippen molar-refractivity contribution in [3.05, 3.63) is 229 Å². The van der Waals surface area contributed by atoms with Crippen molar-refractivity contribution in [1.82, 2.24) is 0 Å². The Morgan fingerprint density at radius 2 is 0.914 bits per heavy atom. The molecule has 0 radical (unpaired) electrons. The fourth-order valence-corrected chi connectivity index (χ4v) is 6.23. The predicted molar refractivity (Wildman–Crippen MR) is 253 cm³/mol. The Morgan fingerprint density at radius 1 is 0.466 bits per heavy atom. The minimum Gasteiger partial charge on any atom is -0.398 e. The molecule has 0 amide bonds. The number of aryl methyl sites for hydroxylation is 2. The molecule has 0 saturated heterocycles. The van der Waals surface area contributed by atoms with Gasteiger partial charge >= 0.3 is 0 Å². The topological polar surface area (TPSA) is 79.1 Å². The fraction of sp³-hybridized carbons (Fsp3) is 0.0926. The van der Waals surface area contributed by atoms with E-state index in [1.807, 2.05) is 142 Å². The van der Waals surface area contributed by atoms with Crippen LogP contribution >= 0.6 is 0 Å². The summed E-state index contributed by atoms with van der Waals surface area (Å²) in [5.41, 5.74) is 26.0. The molecule has 0 bridgehead atoms. The molecule has 0 aliphatic carbocycles. The van der Waals surface area contributed by atoms with Gasteiger partial charge in [0, 0.05) is 34.8 Å². The first-order chi connectivity index (χ1) is 28.2. The molecule has 290 valence electrons. The number of allylic oxidation sites excluding steroid dienone is 2. The third kappa shape index (κ3) is 11.4. The summed E-state index contributed by atoms with van der Waals surface area (Å²) in [6.45, 7) is 8.18. The highest BCUT2D eigenvalue weighted by Crippen LogP contribution is 2.38. The van der Waals surface area contributed by atoms with Gasteiger partial charge in [-0.05, 0) is 73.7 Å². The summed E-state index contributed by atoms with van der Waals surface area (Å²) < 4.78 is 0. The summed E-state index contributed by atoms with van der Waals surface area (Å²) in [5, 5.41) is 10.2. The van der Waals surface area contributed by atoms with Crippen molar-refractivity contribution in [2.24, 2.45) is 0 Å². The Morgan fingerprint density at radius 3 is 1.48 bits per heavy atom. The van der Waals surface area contributed by atoms with Crippen LogP contribution in [-0.2, 0) is 0 Å². The van der Waals surface area contributed by atoms with E-state index in [1.54, 1.807) is 0 Å². The number of nitrogen functional groups attached to an aromatic ring is 2. The molecule has 4 heteroatoms. The Hall–Kier alpha value is -7.17. The summed E-state index contributed by atoms with van der Waals surface area (Å²) in [7, 11) is 2.02. The molecule has 0 fully saturated rings. The van der Waals surface area contributed by atoms with E-state index in [4.69, 9.17) is 16.9 Å². The number of nitrogens with zero attached hydrogens (tertiary/aromatic N) is 1. The second kappa shape index (κ2) is 21.2. The predicted octanol–water partition coefficient (Wildman–Crippen LogP) is 14.1. The van der Waals surface area contributed by atoms with Crippen molar-refractivity contribution >= 4 is 39.2 Å². The van der Waals surface area contributed by atoms with Gasteiger partial charge in [0.15, 0.2) is 0 Å². The number of hydrogen-bond donors (Lipinski definition) is 3. The molecular weight excluding hydrogens is 705 g/mol. The zero-order valence-electron chi connectivity index (χ0n) is 34.2. The standard InChI is InChI=1S/C24H23N3.C19H15N.C7H8.C4H8/c1-16-10-12-17(13-11-16)18-6-5-7-19(14-18)27(2)23-15-22(25)20-8-3-4-9-21(20)24(23)26;20-19(17-9-5-2-6-10-17)18-13-11-16(12-14-18)15-7-3-1-4-8-15;1-7-5-3-2-4-6-7;1-3-4-2/h3-15H,25-26H2,1-2H3;1-14,20H;2-6H,1H3;3-4H,1-2H3/b;;;4-3-. The van der Waals surface area contributed by atoms with Crippen LogP contribution < -0.4 is 16.4 Å². The van der Waals surface area contributed by atoms with Gasteiger partial charge in [0.2, 0.25) is 0 Å². The zero-order chi connectivity index (χ0) is 41.3. The Kier molecular flexibility index (Phi) is 15.4. The second-order valence-electron chi connectivity index (χ2n) is 13.9. The quantitative estimate of drug-likeness (QED) is 0.0897. The first-order valence-corrected chi connectivity index (χ1v) is 19.6. The van der Waals surface area contributed by atoms with Gasteiger partial charge in [-0.3, -0.25) is 5.41 Å². The largest absolute Gasteiger partial charge is 0.398 e. The van der Waals surface area contributed by atoms with Crippen molar-refractivity contribution in [1.29, 1.82) is 5.41 Å². The maximum absolute atomic E-state index is 8.25. The van der Waals surface area contributed by atoms with Gasteiger partial charge in [0.1, 0.15) is 0 Å². The van der Waals surface area contributed by atoms with Gasteiger partial charge in [-0.15, -0.1) is 0 Å². The van der Waals surface area contributed by atoms with Crippen molar-refractivity contribution in [3.63, 3.8) is 0 Å². The minimum atomic E-state index is 0.560. The lowest BCUT2D eigenvalue weighted by atomic mass is 9.99. The van der Waals surface area contributed by atoms with Crippen LogP contribution in [0, 0.1) is 19.3 Å². The lowest BCUT2D eigenvalue weighted by Gasteiger charge is -2.24. The van der Waals surface area contributed by atoms with Crippen molar-refractivity contribution in [2.45, 2.75) is 27.7 Å². The number of nitrogens with one attached hydrogen (secondary N) is 1. The molecule has 0 aliphatic rings. The molecule has 0 heterocycles. The molecule has 0 spiro atoms. The smallest absolute Gasteiger partial charge is 0.0684 e. The Balaban J connectivity index is 0.000000180. The highest BCUT2D eigenvalue weighted by Gasteiger charge is 2.14. The van der Waals surface area contributed by atoms with Crippen LogP contribution in [0.2, 0.25) is 0 Å². The zero-order valence-corrected chi connectivity index (χ0v) is 34.2. The molecule has 0 atom stereocenters. The number of fused-ring (bicyclic) bond motifs is 1. The minimum absolute atomic E-state index is 0.560. The van der Waals surface area contributed by atoms with E-state index in [2.05, 4.69) is 104 Å². The average molecular weight is 759 g/mol. The van der Waals surface area contributed by atoms with Crippen molar-refractivity contribution in [3.8, 4) is 22.3 Å². The Bertz CT molecular complexity index is 2500. The van der Waals surface area contributed by atoms with Crippen LogP contribution in [0.1, 0.15) is 36.1 Å². The molecule has 0 aliphatic heterocycles. The number of anilines is 4. The van der Waals surface area contributed by atoms with Gasteiger partial charge < -0.3 is 16.4 Å². The van der Waals surface area contributed by atoms with Crippen LogP contribution in [0.4, 0.5) is 22.7 Å². The molecular formula is C54H54N4. The van der Waals surface area contributed by atoms with Gasteiger partial charge in [-0.1, -0.05) is 199 Å². The van der Waals surface area contributed by atoms with Gasteiger partial charge in [0.25, 0.3) is 0 Å². The van der Waals surface area contributed by atoms with Gasteiger partial charge in [0.05, 0.1) is 17.1 Å². The van der Waals surface area contributed by atoms with E-state index in [9.17, 15) is 0 Å². The maximum atomic E-state index is 8.25. The van der Waals surface area contributed by atoms with E-state index in [0.29, 0.717) is 5.71 Å².